The van der Waals surface area contributed by atoms with Gasteiger partial charge in [-0.3, -0.25) is 9.69 Å². The molecule has 0 radical (unpaired) electrons. The number of halogens is 4. The summed E-state index contributed by atoms with van der Waals surface area (Å²) in [6, 6.07) is 8.87. The van der Waals surface area contributed by atoms with E-state index in [1.54, 1.807) is 12.1 Å². The van der Waals surface area contributed by atoms with Gasteiger partial charge in [-0.05, 0) is 50.3 Å². The number of carbonyl (C=O) groups excluding carboxylic acids is 1. The summed E-state index contributed by atoms with van der Waals surface area (Å²) in [6.07, 6.45) is 2.96. The first-order chi connectivity index (χ1) is 13.3. The summed E-state index contributed by atoms with van der Waals surface area (Å²) in [6.45, 7) is 4.70. The standard InChI is InChI=1S/C22H19Cl2F2NO/c1-13(2)27-11-14(9-16-18(23)5-3-7-20(16)25)22(28)15(12-27)10-17-19(24)6-4-8-21(17)26/h3-10,13H,11-12H2,1-2H3/b14-9+,15-10+. The van der Waals surface area contributed by atoms with Crippen molar-refractivity contribution in [3.63, 3.8) is 0 Å². The highest BCUT2D eigenvalue weighted by atomic mass is 35.5. The van der Waals surface area contributed by atoms with Crippen molar-refractivity contribution < 1.29 is 13.6 Å². The molecule has 1 fully saturated rings. The van der Waals surface area contributed by atoms with Crippen molar-refractivity contribution in [2.45, 2.75) is 19.9 Å². The van der Waals surface area contributed by atoms with Gasteiger partial charge >= 0.3 is 0 Å². The van der Waals surface area contributed by atoms with Gasteiger partial charge in [0.15, 0.2) is 5.78 Å². The largest absolute Gasteiger partial charge is 0.292 e. The van der Waals surface area contributed by atoms with Crippen LogP contribution in [0.3, 0.4) is 0 Å². The Morgan fingerprint density at radius 2 is 1.32 bits per heavy atom. The molecule has 1 aliphatic rings. The lowest BCUT2D eigenvalue weighted by molar-refractivity contribution is -0.113. The van der Waals surface area contributed by atoms with E-state index >= 15 is 0 Å². The average molecular weight is 422 g/mol. The monoisotopic (exact) mass is 421 g/mol. The Morgan fingerprint density at radius 3 is 1.68 bits per heavy atom. The minimum absolute atomic E-state index is 0.132. The molecule has 28 heavy (non-hydrogen) atoms. The van der Waals surface area contributed by atoms with Crippen LogP contribution in [0.25, 0.3) is 12.2 Å². The highest BCUT2D eigenvalue weighted by molar-refractivity contribution is 6.33. The van der Waals surface area contributed by atoms with E-state index in [1.165, 1.54) is 36.4 Å². The fraction of sp³-hybridized carbons (Fsp3) is 0.227. The number of piperidine rings is 1. The molecule has 0 unspecified atom stereocenters. The van der Waals surface area contributed by atoms with Gasteiger partial charge in [-0.15, -0.1) is 0 Å². The minimum atomic E-state index is -0.503. The lowest BCUT2D eigenvalue weighted by Gasteiger charge is -2.33. The highest BCUT2D eigenvalue weighted by Gasteiger charge is 2.28. The SMILES string of the molecule is CC(C)N1C/C(=C\c2c(F)cccc2Cl)C(=O)/C(=C/c2c(F)cccc2Cl)C1. The van der Waals surface area contributed by atoms with E-state index in [9.17, 15) is 13.6 Å². The predicted molar refractivity (Wildman–Crippen MR) is 110 cm³/mol. The molecule has 0 spiro atoms. The summed E-state index contributed by atoms with van der Waals surface area (Å²) in [5, 5.41) is 0.453. The fourth-order valence-electron chi connectivity index (χ4n) is 3.08. The Bertz CT molecular complexity index is 868. The summed E-state index contributed by atoms with van der Waals surface area (Å²) >= 11 is 12.2. The molecule has 0 saturated carbocycles. The molecule has 0 aromatic heterocycles. The van der Waals surface area contributed by atoms with Gasteiger partial charge < -0.3 is 0 Å². The third-order valence-corrected chi connectivity index (χ3v) is 5.36. The van der Waals surface area contributed by atoms with Crippen molar-refractivity contribution in [1.29, 1.82) is 0 Å². The number of ketones is 1. The Labute approximate surface area is 173 Å². The third kappa shape index (κ3) is 4.35. The van der Waals surface area contributed by atoms with E-state index < -0.39 is 11.6 Å². The van der Waals surface area contributed by atoms with Crippen LogP contribution in [0.1, 0.15) is 25.0 Å². The van der Waals surface area contributed by atoms with Gasteiger partial charge in [0.2, 0.25) is 0 Å². The zero-order valence-corrected chi connectivity index (χ0v) is 17.0. The van der Waals surface area contributed by atoms with Crippen LogP contribution in [0.15, 0.2) is 47.5 Å². The minimum Gasteiger partial charge on any atom is -0.292 e. The second-order valence-corrected chi connectivity index (χ2v) is 7.75. The molecule has 0 aliphatic carbocycles. The number of benzene rings is 2. The summed E-state index contributed by atoms with van der Waals surface area (Å²) < 4.78 is 28.4. The molecule has 146 valence electrons. The van der Waals surface area contributed by atoms with Crippen LogP contribution < -0.4 is 0 Å². The van der Waals surface area contributed by atoms with Gasteiger partial charge in [-0.2, -0.15) is 0 Å². The molecule has 1 heterocycles. The van der Waals surface area contributed by atoms with Gasteiger partial charge in [0.05, 0.1) is 10.0 Å². The summed E-state index contributed by atoms with van der Waals surface area (Å²) in [5.41, 5.74) is 1.12. The van der Waals surface area contributed by atoms with E-state index in [4.69, 9.17) is 23.2 Å². The van der Waals surface area contributed by atoms with E-state index in [0.717, 1.165) is 0 Å². The van der Waals surface area contributed by atoms with Gasteiger partial charge in [-0.1, -0.05) is 35.3 Å². The smallest absolute Gasteiger partial charge is 0.187 e. The maximum absolute atomic E-state index is 14.2. The number of hydrogen-bond donors (Lipinski definition) is 0. The van der Waals surface area contributed by atoms with Crippen molar-refractivity contribution in [3.05, 3.63) is 80.4 Å². The number of hydrogen-bond acceptors (Lipinski definition) is 2. The van der Waals surface area contributed by atoms with Crippen molar-refractivity contribution in [2.24, 2.45) is 0 Å². The first-order valence-electron chi connectivity index (χ1n) is 8.86. The first-order valence-corrected chi connectivity index (χ1v) is 9.61. The topological polar surface area (TPSA) is 20.3 Å². The number of nitrogens with zero attached hydrogens (tertiary/aromatic N) is 1. The van der Waals surface area contributed by atoms with Crippen LogP contribution in [0.4, 0.5) is 8.78 Å². The summed E-state index contributed by atoms with van der Waals surface area (Å²) in [4.78, 5) is 15.1. The zero-order valence-electron chi connectivity index (χ0n) is 15.5. The Kier molecular flexibility index (Phi) is 6.33. The van der Waals surface area contributed by atoms with E-state index in [2.05, 4.69) is 0 Å². The van der Waals surface area contributed by atoms with Crippen LogP contribution in [-0.4, -0.2) is 29.8 Å². The number of carbonyl (C=O) groups is 1. The van der Waals surface area contributed by atoms with Crippen LogP contribution in [0.2, 0.25) is 10.0 Å². The predicted octanol–water partition coefficient (Wildman–Crippen LogP) is 6.03. The Hall–Kier alpha value is -2.01. The molecular formula is C22H19Cl2F2NO. The van der Waals surface area contributed by atoms with Gasteiger partial charge in [-0.25, -0.2) is 8.78 Å². The molecule has 2 aromatic carbocycles. The molecule has 3 rings (SSSR count). The normalized spacial score (nSPS) is 18.5. The molecule has 2 nitrogen and oxygen atoms in total. The molecular weight excluding hydrogens is 403 g/mol. The quantitative estimate of drug-likeness (QED) is 0.563. The summed E-state index contributed by atoms with van der Waals surface area (Å²) in [7, 11) is 0. The lowest BCUT2D eigenvalue weighted by atomic mass is 9.93. The van der Waals surface area contributed by atoms with Crippen molar-refractivity contribution in [2.75, 3.05) is 13.1 Å². The molecule has 0 amide bonds. The summed E-state index contributed by atoms with van der Waals surface area (Å²) in [5.74, 6) is -1.27. The maximum atomic E-state index is 14.2. The van der Waals surface area contributed by atoms with E-state index in [1.807, 2.05) is 18.7 Å². The highest BCUT2D eigenvalue weighted by Crippen LogP contribution is 2.29. The van der Waals surface area contributed by atoms with E-state index in [-0.39, 0.29) is 33.0 Å². The van der Waals surface area contributed by atoms with Gasteiger partial charge in [0.25, 0.3) is 0 Å². The number of likely N-dealkylation sites (tertiary alicyclic amines) is 1. The second-order valence-electron chi connectivity index (χ2n) is 6.94. The molecule has 0 bridgehead atoms. The van der Waals surface area contributed by atoms with E-state index in [0.29, 0.717) is 24.2 Å². The third-order valence-electron chi connectivity index (χ3n) is 4.70. The molecule has 6 heteroatoms. The van der Waals surface area contributed by atoms with Crippen LogP contribution in [0.5, 0.6) is 0 Å². The van der Waals surface area contributed by atoms with Crippen molar-refractivity contribution in [1.82, 2.24) is 4.90 Å². The van der Waals surface area contributed by atoms with Crippen molar-refractivity contribution >= 4 is 41.1 Å². The first kappa shape index (κ1) is 20.7. The molecule has 1 saturated heterocycles. The number of rotatable bonds is 3. The molecule has 1 aliphatic heterocycles. The fourth-order valence-corrected chi connectivity index (χ4v) is 3.51. The van der Waals surface area contributed by atoms with Crippen LogP contribution in [0, 0.1) is 11.6 Å². The van der Waals surface area contributed by atoms with Gasteiger partial charge in [0, 0.05) is 41.4 Å². The van der Waals surface area contributed by atoms with Crippen LogP contribution in [-0.2, 0) is 4.79 Å². The molecule has 2 aromatic rings. The van der Waals surface area contributed by atoms with Crippen molar-refractivity contribution in [3.8, 4) is 0 Å². The zero-order chi connectivity index (χ0) is 20.4. The molecule has 0 atom stereocenters. The number of Topliss-reactive ketones (excluding diaryl/α,β-unsaturated/α-hetero) is 1. The second kappa shape index (κ2) is 8.56. The molecule has 0 N–H and O–H groups in total. The van der Waals surface area contributed by atoms with Gasteiger partial charge in [0.1, 0.15) is 11.6 Å². The lowest BCUT2D eigenvalue weighted by Crippen LogP contribution is -2.41. The van der Waals surface area contributed by atoms with Crippen LogP contribution >= 0.6 is 23.2 Å². The Balaban J connectivity index is 2.09. The average Bonchev–Trinajstić information content (AvgIpc) is 2.63. The maximum Gasteiger partial charge on any atom is 0.187 e. The Morgan fingerprint density at radius 1 is 0.893 bits per heavy atom.